The van der Waals surface area contributed by atoms with Crippen molar-refractivity contribution in [1.82, 2.24) is 0 Å². The van der Waals surface area contributed by atoms with E-state index in [1.165, 1.54) is 36.8 Å². The van der Waals surface area contributed by atoms with Crippen LogP contribution in [0.1, 0.15) is 101 Å². The maximum atomic E-state index is 10.4. The van der Waals surface area contributed by atoms with Crippen molar-refractivity contribution in [2.24, 2.45) is 17.3 Å². The van der Waals surface area contributed by atoms with Crippen molar-refractivity contribution in [2.45, 2.75) is 108 Å². The van der Waals surface area contributed by atoms with Gasteiger partial charge in [-0.05, 0) is 111 Å². The number of hydrogen-bond acceptors (Lipinski definition) is 5. The van der Waals surface area contributed by atoms with Crippen molar-refractivity contribution in [2.75, 3.05) is 19.8 Å². The average Bonchev–Trinajstić information content (AvgIpc) is 3.20. The van der Waals surface area contributed by atoms with Gasteiger partial charge in [0.2, 0.25) is 0 Å². The van der Waals surface area contributed by atoms with Crippen molar-refractivity contribution in [1.29, 1.82) is 0 Å². The largest absolute Gasteiger partial charge is 0.465 e. The van der Waals surface area contributed by atoms with E-state index < -0.39 is 0 Å². The Morgan fingerprint density at radius 3 is 2.47 bits per heavy atom. The molecule has 0 aromatic heterocycles. The summed E-state index contributed by atoms with van der Waals surface area (Å²) in [6.07, 6.45) is 12.7. The Labute approximate surface area is 204 Å². The Hall–Kier alpha value is -1.14. The maximum absolute atomic E-state index is 10.4. The molecule has 5 nitrogen and oxygen atoms in total. The molecule has 2 aliphatic heterocycles. The maximum Gasteiger partial charge on any atom is 0.199 e. The van der Waals surface area contributed by atoms with Gasteiger partial charge in [0.15, 0.2) is 12.6 Å². The molecule has 1 aromatic rings. The first-order valence-corrected chi connectivity index (χ1v) is 14.0. The summed E-state index contributed by atoms with van der Waals surface area (Å²) < 4.78 is 24.5. The third-order valence-corrected chi connectivity index (χ3v) is 9.88. The van der Waals surface area contributed by atoms with Gasteiger partial charge in [0.25, 0.3) is 0 Å². The second-order valence-electron chi connectivity index (χ2n) is 11.7. The van der Waals surface area contributed by atoms with Gasteiger partial charge in [0.1, 0.15) is 5.75 Å². The van der Waals surface area contributed by atoms with Crippen LogP contribution in [0, 0.1) is 17.3 Å². The smallest absolute Gasteiger partial charge is 0.199 e. The molecular weight excluding hydrogens is 428 g/mol. The van der Waals surface area contributed by atoms with Gasteiger partial charge in [0.05, 0.1) is 12.7 Å². The van der Waals surface area contributed by atoms with E-state index in [1.807, 2.05) is 0 Å². The van der Waals surface area contributed by atoms with Gasteiger partial charge in [-0.15, -0.1) is 0 Å². The average molecular weight is 471 g/mol. The molecule has 3 aliphatic carbocycles. The highest BCUT2D eigenvalue weighted by Gasteiger charge is 2.56. The van der Waals surface area contributed by atoms with Crippen LogP contribution in [0.25, 0.3) is 0 Å². The number of ether oxygens (including phenoxy) is 4. The topological polar surface area (TPSA) is 57.2 Å². The number of hydrogen-bond donors (Lipinski definition) is 1. The van der Waals surface area contributed by atoms with E-state index in [0.717, 1.165) is 63.9 Å². The minimum atomic E-state index is -0.130. The monoisotopic (exact) mass is 470 g/mol. The van der Waals surface area contributed by atoms with E-state index in [2.05, 4.69) is 25.1 Å². The van der Waals surface area contributed by atoms with Gasteiger partial charge in [-0.3, -0.25) is 0 Å². The van der Waals surface area contributed by atoms with Crippen LogP contribution in [0.5, 0.6) is 5.75 Å². The first-order valence-electron chi connectivity index (χ1n) is 14.0. The molecule has 0 radical (unpaired) electrons. The number of benzene rings is 1. The van der Waals surface area contributed by atoms with Crippen LogP contribution in [-0.2, 0) is 14.2 Å². The molecule has 5 aliphatic rings. The van der Waals surface area contributed by atoms with Crippen LogP contribution in [0.4, 0.5) is 0 Å². The van der Waals surface area contributed by atoms with E-state index in [1.54, 1.807) is 0 Å². The number of aliphatic hydroxyl groups excluding tert-OH is 1. The molecule has 2 heterocycles. The first kappa shape index (κ1) is 23.3. The highest BCUT2D eigenvalue weighted by atomic mass is 16.7. The van der Waals surface area contributed by atoms with Crippen molar-refractivity contribution < 1.29 is 24.1 Å². The fourth-order valence-electron chi connectivity index (χ4n) is 8.08. The van der Waals surface area contributed by atoms with Crippen molar-refractivity contribution in [3.05, 3.63) is 29.3 Å². The molecule has 2 saturated carbocycles. The number of fused-ring (bicyclic) bond motifs is 5. The molecule has 7 unspecified atom stereocenters. The number of rotatable bonds is 5. The quantitative estimate of drug-likeness (QED) is 0.581. The molecule has 34 heavy (non-hydrogen) atoms. The predicted molar refractivity (Wildman–Crippen MR) is 130 cm³/mol. The predicted octanol–water partition coefficient (Wildman–Crippen LogP) is 5.89. The van der Waals surface area contributed by atoms with E-state index in [4.69, 9.17) is 18.9 Å². The second-order valence-corrected chi connectivity index (χ2v) is 11.7. The van der Waals surface area contributed by atoms with E-state index >= 15 is 0 Å². The number of aliphatic hydroxyl groups is 1. The van der Waals surface area contributed by atoms with Crippen LogP contribution < -0.4 is 4.74 Å². The Morgan fingerprint density at radius 2 is 1.74 bits per heavy atom. The fraction of sp³-hybridized carbons (Fsp3) is 0.793. The molecule has 4 fully saturated rings. The zero-order valence-corrected chi connectivity index (χ0v) is 20.8. The minimum absolute atomic E-state index is 0.00381. The molecule has 0 amide bonds. The lowest BCUT2D eigenvalue weighted by molar-refractivity contribution is -0.213. The Kier molecular flexibility index (Phi) is 6.66. The summed E-state index contributed by atoms with van der Waals surface area (Å²) in [5.41, 5.74) is 2.98. The molecule has 8 atom stereocenters. The summed E-state index contributed by atoms with van der Waals surface area (Å²) in [7, 11) is 0. The summed E-state index contributed by atoms with van der Waals surface area (Å²) in [6, 6.07) is 6.65. The molecule has 5 heteroatoms. The highest BCUT2D eigenvalue weighted by Crippen LogP contribution is 2.63. The van der Waals surface area contributed by atoms with Gasteiger partial charge in [0, 0.05) is 25.6 Å². The zero-order valence-electron chi connectivity index (χ0n) is 20.8. The molecule has 0 spiro atoms. The summed E-state index contributed by atoms with van der Waals surface area (Å²) >= 11 is 0. The fourth-order valence-corrected chi connectivity index (χ4v) is 8.08. The molecule has 6 rings (SSSR count). The van der Waals surface area contributed by atoms with E-state index in [9.17, 15) is 5.11 Å². The zero-order chi connectivity index (χ0) is 23.1. The van der Waals surface area contributed by atoms with Gasteiger partial charge < -0.3 is 24.1 Å². The van der Waals surface area contributed by atoms with Crippen LogP contribution >= 0.6 is 0 Å². The van der Waals surface area contributed by atoms with E-state index in [-0.39, 0.29) is 30.5 Å². The third kappa shape index (κ3) is 4.21. The third-order valence-electron chi connectivity index (χ3n) is 9.88. The minimum Gasteiger partial charge on any atom is -0.465 e. The van der Waals surface area contributed by atoms with E-state index in [0.29, 0.717) is 23.9 Å². The Morgan fingerprint density at radius 1 is 0.941 bits per heavy atom. The summed E-state index contributed by atoms with van der Waals surface area (Å²) in [5.74, 6) is 2.95. The molecule has 188 valence electrons. The standard InChI is InChI=1S/C29H42O5/c1-29-13-12-22-21-9-8-20(33-27-6-2-4-14-31-27)17-23(21)19(18-30)16-24(22)25(29)10-11-26(29)34-28-7-3-5-15-32-28/h8-9,17,19,22,24-28,30H,2-7,10-16,18H2,1H3/t19?,22?,24?,25?,26?,27?,28?,29-/m0/s1. The van der Waals surface area contributed by atoms with Gasteiger partial charge in [-0.25, -0.2) is 0 Å². The van der Waals surface area contributed by atoms with Gasteiger partial charge >= 0.3 is 0 Å². The lowest BCUT2D eigenvalue weighted by atomic mass is 9.54. The van der Waals surface area contributed by atoms with Crippen molar-refractivity contribution in [3.8, 4) is 5.75 Å². The van der Waals surface area contributed by atoms with Gasteiger partial charge in [-0.1, -0.05) is 13.0 Å². The molecular formula is C29H42O5. The highest BCUT2D eigenvalue weighted by molar-refractivity contribution is 5.43. The van der Waals surface area contributed by atoms with Crippen LogP contribution in [0.2, 0.25) is 0 Å². The van der Waals surface area contributed by atoms with Crippen LogP contribution in [0.15, 0.2) is 18.2 Å². The summed E-state index contributed by atoms with van der Waals surface area (Å²) in [6.45, 7) is 4.32. The molecule has 1 N–H and O–H groups in total. The lowest BCUT2D eigenvalue weighted by Gasteiger charge is -2.52. The second kappa shape index (κ2) is 9.72. The van der Waals surface area contributed by atoms with Gasteiger partial charge in [-0.2, -0.15) is 0 Å². The molecule has 1 aromatic carbocycles. The van der Waals surface area contributed by atoms with Crippen molar-refractivity contribution >= 4 is 0 Å². The Bertz CT molecular complexity index is 845. The lowest BCUT2D eigenvalue weighted by Crippen LogP contribution is -2.46. The van der Waals surface area contributed by atoms with Crippen LogP contribution in [0.3, 0.4) is 0 Å². The Balaban J connectivity index is 1.21. The first-order chi connectivity index (χ1) is 16.7. The summed E-state index contributed by atoms with van der Waals surface area (Å²) in [5, 5.41) is 10.4. The summed E-state index contributed by atoms with van der Waals surface area (Å²) in [4.78, 5) is 0. The normalized spacial score (nSPS) is 41.9. The van der Waals surface area contributed by atoms with Crippen LogP contribution in [-0.4, -0.2) is 43.6 Å². The molecule has 0 bridgehead atoms. The molecule has 2 saturated heterocycles. The van der Waals surface area contributed by atoms with Crippen molar-refractivity contribution in [3.63, 3.8) is 0 Å². The SMILES string of the molecule is C[C@]12CCC3c4ccc(OC5CCCCO5)cc4C(CO)CC3C1CCC2OC1CCCCO1.